The van der Waals surface area contributed by atoms with Gasteiger partial charge in [0.15, 0.2) is 0 Å². The Morgan fingerprint density at radius 3 is 2.59 bits per heavy atom. The summed E-state index contributed by atoms with van der Waals surface area (Å²) in [6.07, 6.45) is 1.26. The molecule has 17 heavy (non-hydrogen) atoms. The summed E-state index contributed by atoms with van der Waals surface area (Å²) in [7, 11) is 0. The Morgan fingerprint density at radius 1 is 1.41 bits per heavy atom. The first-order valence-corrected chi connectivity index (χ1v) is 6.06. The molecule has 0 radical (unpaired) electrons. The molecule has 1 atom stereocenters. The van der Waals surface area contributed by atoms with Crippen LogP contribution in [0.25, 0.3) is 0 Å². The van der Waals surface area contributed by atoms with Crippen LogP contribution in [0.3, 0.4) is 0 Å². The van der Waals surface area contributed by atoms with E-state index in [0.717, 1.165) is 17.5 Å². The fraction of sp³-hybridized carbons (Fsp3) is 0.500. The Kier molecular flexibility index (Phi) is 4.70. The van der Waals surface area contributed by atoms with Crippen molar-refractivity contribution in [2.45, 2.75) is 39.2 Å². The molecule has 3 heteroatoms. The third kappa shape index (κ3) is 3.86. The van der Waals surface area contributed by atoms with Crippen LogP contribution >= 0.6 is 0 Å². The van der Waals surface area contributed by atoms with Gasteiger partial charge < -0.3 is 11.1 Å². The summed E-state index contributed by atoms with van der Waals surface area (Å²) >= 11 is 0. The van der Waals surface area contributed by atoms with Gasteiger partial charge in [-0.05, 0) is 31.4 Å². The van der Waals surface area contributed by atoms with Gasteiger partial charge in [0, 0.05) is 12.1 Å². The summed E-state index contributed by atoms with van der Waals surface area (Å²) in [5.41, 5.74) is 7.60. The van der Waals surface area contributed by atoms with E-state index in [-0.39, 0.29) is 11.4 Å². The summed E-state index contributed by atoms with van der Waals surface area (Å²) in [5, 5.41) is 3.00. The van der Waals surface area contributed by atoms with Crippen LogP contribution in [0.1, 0.15) is 31.4 Å². The largest absolute Gasteiger partial charge is 0.349 e. The minimum atomic E-state index is -0.292. The van der Waals surface area contributed by atoms with Crippen molar-refractivity contribution in [2.24, 2.45) is 5.73 Å². The zero-order chi connectivity index (χ0) is 12.9. The second-order valence-electron chi connectivity index (χ2n) is 4.77. The maximum Gasteiger partial charge on any atom is 0.224 e. The van der Waals surface area contributed by atoms with Gasteiger partial charge in [-0.25, -0.2) is 0 Å². The number of rotatable bonds is 5. The lowest BCUT2D eigenvalue weighted by Crippen LogP contribution is -2.51. The highest BCUT2D eigenvalue weighted by atomic mass is 16.1. The highest BCUT2D eigenvalue weighted by Gasteiger charge is 2.22. The Hall–Kier alpha value is -1.35. The maximum atomic E-state index is 11.9. The monoisotopic (exact) mass is 234 g/mol. The van der Waals surface area contributed by atoms with E-state index in [4.69, 9.17) is 5.73 Å². The third-order valence-electron chi connectivity index (χ3n) is 3.28. The van der Waals surface area contributed by atoms with E-state index < -0.39 is 0 Å². The molecule has 3 N–H and O–H groups in total. The molecule has 0 aromatic heterocycles. The van der Waals surface area contributed by atoms with Gasteiger partial charge in [-0.2, -0.15) is 0 Å². The molecule has 0 aliphatic rings. The summed E-state index contributed by atoms with van der Waals surface area (Å²) in [5.74, 6) is 0.0362. The van der Waals surface area contributed by atoms with Crippen LogP contribution in [-0.4, -0.2) is 18.0 Å². The van der Waals surface area contributed by atoms with Gasteiger partial charge >= 0.3 is 0 Å². The molecule has 1 unspecified atom stereocenters. The van der Waals surface area contributed by atoms with Gasteiger partial charge in [0.05, 0.1) is 6.42 Å². The zero-order valence-electron chi connectivity index (χ0n) is 10.9. The Labute approximate surface area is 103 Å². The van der Waals surface area contributed by atoms with Gasteiger partial charge in [0.25, 0.3) is 0 Å². The topological polar surface area (TPSA) is 55.1 Å². The Morgan fingerprint density at radius 2 is 2.06 bits per heavy atom. The number of benzene rings is 1. The predicted molar refractivity (Wildman–Crippen MR) is 70.8 cm³/mol. The zero-order valence-corrected chi connectivity index (χ0v) is 10.9. The van der Waals surface area contributed by atoms with E-state index in [9.17, 15) is 4.79 Å². The molecule has 3 nitrogen and oxygen atoms in total. The molecule has 0 aliphatic carbocycles. The lowest BCUT2D eigenvalue weighted by Gasteiger charge is -2.28. The van der Waals surface area contributed by atoms with Crippen molar-refractivity contribution in [1.29, 1.82) is 0 Å². The summed E-state index contributed by atoms with van der Waals surface area (Å²) in [4.78, 5) is 11.9. The molecule has 1 aromatic carbocycles. The molecular formula is C14H22N2O. The quantitative estimate of drug-likeness (QED) is 0.816. The van der Waals surface area contributed by atoms with Crippen molar-refractivity contribution in [3.63, 3.8) is 0 Å². The summed E-state index contributed by atoms with van der Waals surface area (Å²) < 4.78 is 0. The molecule has 0 saturated carbocycles. The average molecular weight is 234 g/mol. The van der Waals surface area contributed by atoms with E-state index in [0.29, 0.717) is 13.0 Å². The molecule has 1 amide bonds. The molecule has 0 aliphatic heterocycles. The predicted octanol–water partition coefficient (Wildman–Crippen LogP) is 1.78. The number of nitrogens with one attached hydrogen (secondary N) is 1. The first-order valence-electron chi connectivity index (χ1n) is 6.06. The van der Waals surface area contributed by atoms with Crippen LogP contribution in [0.4, 0.5) is 0 Å². The Bertz CT molecular complexity index is 384. The smallest absolute Gasteiger partial charge is 0.224 e. The van der Waals surface area contributed by atoms with Gasteiger partial charge in [0.1, 0.15) is 0 Å². The molecule has 94 valence electrons. The van der Waals surface area contributed by atoms with Gasteiger partial charge in [0.2, 0.25) is 5.91 Å². The number of amides is 1. The van der Waals surface area contributed by atoms with Gasteiger partial charge in [-0.3, -0.25) is 4.79 Å². The molecule has 0 fully saturated rings. The summed E-state index contributed by atoms with van der Waals surface area (Å²) in [6.45, 7) is 6.48. The standard InChI is InChI=1S/C14H22N2O/c1-4-14(3,10-15)16-13(17)9-12-8-6-5-7-11(12)2/h5-8H,4,9-10,15H2,1-3H3,(H,16,17). The van der Waals surface area contributed by atoms with Crippen LogP contribution < -0.4 is 11.1 Å². The lowest BCUT2D eigenvalue weighted by molar-refractivity contribution is -0.122. The maximum absolute atomic E-state index is 11.9. The number of nitrogens with two attached hydrogens (primary N) is 1. The SMILES string of the molecule is CCC(C)(CN)NC(=O)Cc1ccccc1C. The van der Waals surface area contributed by atoms with Crippen LogP contribution in [0.15, 0.2) is 24.3 Å². The van der Waals surface area contributed by atoms with Crippen molar-refractivity contribution in [3.8, 4) is 0 Å². The van der Waals surface area contributed by atoms with Gasteiger partial charge in [-0.15, -0.1) is 0 Å². The molecule has 1 aromatic rings. The van der Waals surface area contributed by atoms with Crippen LogP contribution in [0.5, 0.6) is 0 Å². The number of aryl methyl sites for hydroxylation is 1. The van der Waals surface area contributed by atoms with Crippen LogP contribution in [0.2, 0.25) is 0 Å². The second kappa shape index (κ2) is 5.82. The normalized spacial score (nSPS) is 14.1. The molecular weight excluding hydrogens is 212 g/mol. The minimum absolute atomic E-state index is 0.0362. The van der Waals surface area contributed by atoms with E-state index in [1.807, 2.05) is 45.0 Å². The number of hydrogen-bond donors (Lipinski definition) is 2. The molecule has 0 saturated heterocycles. The van der Waals surface area contributed by atoms with Crippen molar-refractivity contribution < 1.29 is 4.79 Å². The van der Waals surface area contributed by atoms with Gasteiger partial charge in [-0.1, -0.05) is 31.2 Å². The lowest BCUT2D eigenvalue weighted by atomic mass is 9.98. The average Bonchev–Trinajstić information content (AvgIpc) is 2.32. The van der Waals surface area contributed by atoms with E-state index in [1.165, 1.54) is 0 Å². The molecule has 0 heterocycles. The Balaban J connectivity index is 2.65. The molecule has 0 spiro atoms. The first kappa shape index (κ1) is 13.7. The molecule has 0 bridgehead atoms. The fourth-order valence-corrected chi connectivity index (χ4v) is 1.65. The third-order valence-corrected chi connectivity index (χ3v) is 3.28. The van der Waals surface area contributed by atoms with E-state index in [2.05, 4.69) is 5.32 Å². The van der Waals surface area contributed by atoms with Crippen molar-refractivity contribution >= 4 is 5.91 Å². The van der Waals surface area contributed by atoms with Crippen molar-refractivity contribution in [3.05, 3.63) is 35.4 Å². The number of carbonyl (C=O) groups excluding carboxylic acids is 1. The highest BCUT2D eigenvalue weighted by molar-refractivity contribution is 5.79. The van der Waals surface area contributed by atoms with Crippen molar-refractivity contribution in [1.82, 2.24) is 5.32 Å². The number of hydrogen-bond acceptors (Lipinski definition) is 2. The first-order chi connectivity index (χ1) is 8.00. The minimum Gasteiger partial charge on any atom is -0.349 e. The fourth-order valence-electron chi connectivity index (χ4n) is 1.65. The van der Waals surface area contributed by atoms with E-state index in [1.54, 1.807) is 0 Å². The number of carbonyl (C=O) groups is 1. The van der Waals surface area contributed by atoms with Crippen LogP contribution in [0, 0.1) is 6.92 Å². The second-order valence-corrected chi connectivity index (χ2v) is 4.77. The summed E-state index contributed by atoms with van der Waals surface area (Å²) in [6, 6.07) is 7.94. The van der Waals surface area contributed by atoms with Crippen molar-refractivity contribution in [2.75, 3.05) is 6.54 Å². The van der Waals surface area contributed by atoms with E-state index >= 15 is 0 Å². The van der Waals surface area contributed by atoms with Crippen LogP contribution in [-0.2, 0) is 11.2 Å². The highest BCUT2D eigenvalue weighted by Crippen LogP contribution is 2.10. The molecule has 1 rings (SSSR count).